The van der Waals surface area contributed by atoms with Crippen LogP contribution < -0.4 is 5.32 Å². The van der Waals surface area contributed by atoms with Crippen molar-refractivity contribution in [1.29, 1.82) is 0 Å². The maximum absolute atomic E-state index is 4.66. The first kappa shape index (κ1) is 7.51. The molecule has 2 atom stereocenters. The Bertz CT molecular complexity index is 346. The van der Waals surface area contributed by atoms with Gasteiger partial charge in [-0.1, -0.05) is 6.07 Å². The number of rotatable bonds is 0. The molecule has 1 saturated heterocycles. The number of aryl methyl sites for hydroxylation is 1. The summed E-state index contributed by atoms with van der Waals surface area (Å²) in [6.07, 6.45) is 2.53. The van der Waals surface area contributed by atoms with Gasteiger partial charge in [-0.05, 0) is 37.9 Å². The fourth-order valence-corrected chi connectivity index (χ4v) is 2.61. The molecule has 0 amide bonds. The van der Waals surface area contributed by atoms with Gasteiger partial charge in [0, 0.05) is 23.3 Å². The summed E-state index contributed by atoms with van der Waals surface area (Å²) >= 11 is 0. The highest BCUT2D eigenvalue weighted by molar-refractivity contribution is 5.35. The van der Waals surface area contributed by atoms with E-state index in [2.05, 4.69) is 29.4 Å². The van der Waals surface area contributed by atoms with Crippen molar-refractivity contribution in [2.24, 2.45) is 0 Å². The highest BCUT2D eigenvalue weighted by Gasteiger charge is 2.34. The molecular formula is C11H14N2. The van der Waals surface area contributed by atoms with Crippen molar-refractivity contribution in [2.45, 2.75) is 31.7 Å². The second-order valence-corrected chi connectivity index (χ2v) is 4.16. The summed E-state index contributed by atoms with van der Waals surface area (Å²) in [5.74, 6) is 0.737. The lowest BCUT2D eigenvalue weighted by Crippen LogP contribution is -2.24. The second kappa shape index (κ2) is 2.55. The number of nitrogens with zero attached hydrogens (tertiary/aromatic N) is 1. The Morgan fingerprint density at radius 3 is 3.31 bits per heavy atom. The third-order valence-corrected chi connectivity index (χ3v) is 3.26. The summed E-state index contributed by atoms with van der Waals surface area (Å²) in [5.41, 5.74) is 3.98. The van der Waals surface area contributed by atoms with Crippen LogP contribution in [-0.4, -0.2) is 11.5 Å². The van der Waals surface area contributed by atoms with Gasteiger partial charge in [0.25, 0.3) is 0 Å². The molecule has 0 unspecified atom stereocenters. The molecule has 0 saturated carbocycles. The lowest BCUT2D eigenvalue weighted by Gasteiger charge is -2.19. The van der Waals surface area contributed by atoms with E-state index in [4.69, 9.17) is 0 Å². The van der Waals surface area contributed by atoms with Crippen LogP contribution in [0.5, 0.6) is 0 Å². The molecule has 3 rings (SSSR count). The van der Waals surface area contributed by atoms with Gasteiger partial charge in [-0.25, -0.2) is 0 Å². The van der Waals surface area contributed by atoms with Crippen LogP contribution in [0.4, 0.5) is 0 Å². The molecule has 2 heterocycles. The lowest BCUT2D eigenvalue weighted by atomic mass is 9.99. The van der Waals surface area contributed by atoms with Crippen LogP contribution in [-0.2, 0) is 0 Å². The van der Waals surface area contributed by atoms with Crippen molar-refractivity contribution in [1.82, 2.24) is 10.3 Å². The molecule has 0 radical (unpaired) electrons. The van der Waals surface area contributed by atoms with E-state index in [-0.39, 0.29) is 0 Å². The predicted octanol–water partition coefficient (Wildman–Crippen LogP) is 1.91. The Morgan fingerprint density at radius 2 is 2.38 bits per heavy atom. The van der Waals surface area contributed by atoms with Crippen molar-refractivity contribution in [3.05, 3.63) is 29.1 Å². The predicted molar refractivity (Wildman–Crippen MR) is 51.7 cm³/mol. The molecule has 68 valence electrons. The quantitative estimate of drug-likeness (QED) is 0.650. The number of hydrogen-bond donors (Lipinski definition) is 1. The minimum absolute atomic E-state index is 0.599. The van der Waals surface area contributed by atoms with Gasteiger partial charge in [-0.15, -0.1) is 0 Å². The fraction of sp³-hybridized carbons (Fsp3) is 0.545. The molecule has 2 heteroatoms. The number of hydrogen-bond acceptors (Lipinski definition) is 2. The minimum atomic E-state index is 0.599. The van der Waals surface area contributed by atoms with E-state index in [1.54, 1.807) is 0 Å². The van der Waals surface area contributed by atoms with Crippen LogP contribution >= 0.6 is 0 Å². The van der Waals surface area contributed by atoms with Crippen LogP contribution in [0.15, 0.2) is 12.1 Å². The maximum Gasteiger partial charge on any atom is 0.0486 e. The normalized spacial score (nSPS) is 30.2. The Labute approximate surface area is 78.4 Å². The molecule has 1 aliphatic carbocycles. The van der Waals surface area contributed by atoms with Crippen molar-refractivity contribution < 1.29 is 0 Å². The molecule has 2 nitrogen and oxygen atoms in total. The Morgan fingerprint density at radius 1 is 1.46 bits per heavy atom. The van der Waals surface area contributed by atoms with E-state index >= 15 is 0 Å². The van der Waals surface area contributed by atoms with Gasteiger partial charge in [0.05, 0.1) is 0 Å². The lowest BCUT2D eigenvalue weighted by molar-refractivity contribution is 0.408. The Kier molecular flexibility index (Phi) is 1.47. The van der Waals surface area contributed by atoms with E-state index in [9.17, 15) is 0 Å². The molecule has 0 spiro atoms. The fourth-order valence-electron chi connectivity index (χ4n) is 2.61. The number of pyridine rings is 1. The molecule has 2 bridgehead atoms. The molecule has 1 aliphatic heterocycles. The van der Waals surface area contributed by atoms with Crippen LogP contribution in [0.3, 0.4) is 0 Å². The highest BCUT2D eigenvalue weighted by atomic mass is 15.0. The summed E-state index contributed by atoms with van der Waals surface area (Å²) in [5, 5.41) is 3.55. The largest absolute Gasteiger partial charge is 0.310 e. The monoisotopic (exact) mass is 174 g/mol. The van der Waals surface area contributed by atoms with Gasteiger partial charge >= 0.3 is 0 Å². The molecule has 13 heavy (non-hydrogen) atoms. The average Bonchev–Trinajstić information content (AvgIpc) is 2.39. The van der Waals surface area contributed by atoms with Crippen molar-refractivity contribution in [2.75, 3.05) is 6.54 Å². The average molecular weight is 174 g/mol. The van der Waals surface area contributed by atoms with E-state index in [1.807, 2.05) is 0 Å². The molecular weight excluding hydrogens is 160 g/mol. The van der Waals surface area contributed by atoms with Gasteiger partial charge < -0.3 is 5.32 Å². The molecule has 1 fully saturated rings. The van der Waals surface area contributed by atoms with Gasteiger partial charge in [0.15, 0.2) is 0 Å². The summed E-state index contributed by atoms with van der Waals surface area (Å²) < 4.78 is 0. The van der Waals surface area contributed by atoms with Gasteiger partial charge in [-0.2, -0.15) is 0 Å². The van der Waals surface area contributed by atoms with Crippen LogP contribution in [0.2, 0.25) is 0 Å². The zero-order valence-electron chi connectivity index (χ0n) is 7.88. The summed E-state index contributed by atoms with van der Waals surface area (Å²) in [6.45, 7) is 3.24. The van der Waals surface area contributed by atoms with Crippen molar-refractivity contribution in [3.63, 3.8) is 0 Å². The number of piperidine rings is 1. The van der Waals surface area contributed by atoms with Gasteiger partial charge in [0.2, 0.25) is 0 Å². The van der Waals surface area contributed by atoms with E-state index in [0.717, 1.165) is 18.2 Å². The smallest absolute Gasteiger partial charge is 0.0486 e. The number of aromatic nitrogens is 1. The van der Waals surface area contributed by atoms with Gasteiger partial charge in [0.1, 0.15) is 0 Å². The Hall–Kier alpha value is -0.890. The van der Waals surface area contributed by atoms with Crippen LogP contribution in [0.1, 0.15) is 41.8 Å². The highest BCUT2D eigenvalue weighted by Crippen LogP contribution is 2.43. The third kappa shape index (κ3) is 1.02. The summed E-state index contributed by atoms with van der Waals surface area (Å²) in [4.78, 5) is 4.66. The van der Waals surface area contributed by atoms with E-state index in [1.165, 1.54) is 24.1 Å². The summed E-state index contributed by atoms with van der Waals surface area (Å²) in [7, 11) is 0. The SMILES string of the molecule is Cc1ccc2c(n1)[C@H]1CCN[C@@H]2C1. The number of nitrogens with one attached hydrogen (secondary N) is 1. The zero-order valence-corrected chi connectivity index (χ0v) is 7.88. The number of fused-ring (bicyclic) bond motifs is 5. The minimum Gasteiger partial charge on any atom is -0.310 e. The van der Waals surface area contributed by atoms with E-state index < -0.39 is 0 Å². The molecule has 1 aromatic heterocycles. The Balaban J connectivity index is 2.15. The summed E-state index contributed by atoms with van der Waals surface area (Å²) in [6, 6.07) is 4.98. The molecule has 1 aromatic rings. The van der Waals surface area contributed by atoms with Crippen molar-refractivity contribution in [3.8, 4) is 0 Å². The third-order valence-electron chi connectivity index (χ3n) is 3.26. The maximum atomic E-state index is 4.66. The van der Waals surface area contributed by atoms with Crippen LogP contribution in [0.25, 0.3) is 0 Å². The first-order chi connectivity index (χ1) is 6.34. The van der Waals surface area contributed by atoms with E-state index in [0.29, 0.717) is 6.04 Å². The molecule has 0 aromatic carbocycles. The standard InChI is InChI=1S/C11H14N2/c1-7-2-3-9-10-6-8(4-5-12-10)11(9)13-7/h2-3,8,10,12H,4-6H2,1H3/t8-,10+/m0/s1. The second-order valence-electron chi connectivity index (χ2n) is 4.16. The molecule has 2 aliphatic rings. The first-order valence-electron chi connectivity index (χ1n) is 5.05. The zero-order chi connectivity index (χ0) is 8.84. The first-order valence-corrected chi connectivity index (χ1v) is 5.05. The van der Waals surface area contributed by atoms with Crippen LogP contribution in [0, 0.1) is 6.92 Å². The van der Waals surface area contributed by atoms with Crippen molar-refractivity contribution >= 4 is 0 Å². The van der Waals surface area contributed by atoms with Gasteiger partial charge in [-0.3, -0.25) is 4.98 Å². The topological polar surface area (TPSA) is 24.9 Å². The molecule has 1 N–H and O–H groups in total.